The zero-order chi connectivity index (χ0) is 16.2. The van der Waals surface area contributed by atoms with E-state index in [9.17, 15) is 18.0 Å². The van der Waals surface area contributed by atoms with Crippen LogP contribution in [0.1, 0.15) is 27.0 Å². The van der Waals surface area contributed by atoms with Crippen LogP contribution < -0.4 is 5.43 Å². The fraction of sp³-hybridized carbons (Fsp3) is 0.125. The molecule has 22 heavy (non-hydrogen) atoms. The van der Waals surface area contributed by atoms with E-state index in [4.69, 9.17) is 0 Å². The van der Waals surface area contributed by atoms with Gasteiger partial charge in [-0.1, -0.05) is 36.4 Å². The minimum atomic E-state index is -4.47. The summed E-state index contributed by atoms with van der Waals surface area (Å²) in [6.45, 7) is 1.76. The van der Waals surface area contributed by atoms with E-state index in [1.165, 1.54) is 18.2 Å². The molecule has 2 aromatic carbocycles. The van der Waals surface area contributed by atoms with E-state index in [2.05, 4.69) is 10.5 Å². The molecular weight excluding hydrogens is 293 g/mol. The highest BCUT2D eigenvalue weighted by Crippen LogP contribution is 2.30. The maximum absolute atomic E-state index is 12.8. The molecule has 1 N–H and O–H groups in total. The molecule has 0 unspecified atom stereocenters. The Labute approximate surface area is 125 Å². The summed E-state index contributed by atoms with van der Waals surface area (Å²) in [4.78, 5) is 11.9. The Morgan fingerprint density at radius 2 is 1.73 bits per heavy atom. The average Bonchev–Trinajstić information content (AvgIpc) is 2.47. The van der Waals surface area contributed by atoms with Gasteiger partial charge in [-0.2, -0.15) is 18.3 Å². The number of carbonyl (C=O) groups is 1. The van der Waals surface area contributed by atoms with Crippen LogP contribution in [0.5, 0.6) is 0 Å². The topological polar surface area (TPSA) is 41.5 Å². The summed E-state index contributed by atoms with van der Waals surface area (Å²) in [6, 6.07) is 11.9. The summed E-state index contributed by atoms with van der Waals surface area (Å²) >= 11 is 0. The van der Waals surface area contributed by atoms with Gasteiger partial charge in [0.25, 0.3) is 5.91 Å². The second-order valence-electron chi connectivity index (χ2n) is 4.60. The van der Waals surface area contributed by atoms with Gasteiger partial charge in [0.05, 0.1) is 11.8 Å². The number of hydrogen-bond donors (Lipinski definition) is 1. The van der Waals surface area contributed by atoms with Gasteiger partial charge < -0.3 is 0 Å². The Morgan fingerprint density at radius 3 is 2.41 bits per heavy atom. The van der Waals surface area contributed by atoms with Gasteiger partial charge in [-0.05, 0) is 24.6 Å². The number of nitrogens with zero attached hydrogens (tertiary/aromatic N) is 1. The van der Waals surface area contributed by atoms with E-state index in [-0.39, 0.29) is 5.56 Å². The van der Waals surface area contributed by atoms with Gasteiger partial charge in [-0.25, -0.2) is 5.43 Å². The Hall–Kier alpha value is -2.63. The molecule has 0 bridgehead atoms. The van der Waals surface area contributed by atoms with Crippen LogP contribution in [-0.2, 0) is 6.18 Å². The fourth-order valence-electron chi connectivity index (χ4n) is 1.92. The molecule has 2 aromatic rings. The summed E-state index contributed by atoms with van der Waals surface area (Å²) < 4.78 is 38.4. The molecule has 0 heterocycles. The van der Waals surface area contributed by atoms with E-state index in [1.54, 1.807) is 31.2 Å². The highest BCUT2D eigenvalue weighted by Gasteiger charge is 2.32. The van der Waals surface area contributed by atoms with Crippen LogP contribution in [0.15, 0.2) is 53.6 Å². The fourth-order valence-corrected chi connectivity index (χ4v) is 1.92. The molecule has 2 rings (SSSR count). The van der Waals surface area contributed by atoms with Crippen LogP contribution >= 0.6 is 0 Å². The van der Waals surface area contributed by atoms with Crippen molar-refractivity contribution in [1.29, 1.82) is 0 Å². The zero-order valence-corrected chi connectivity index (χ0v) is 11.7. The van der Waals surface area contributed by atoms with Gasteiger partial charge in [0, 0.05) is 11.1 Å². The number of benzene rings is 2. The maximum Gasteiger partial charge on any atom is 0.417 e. The quantitative estimate of drug-likeness (QED) is 0.680. The molecule has 1 amide bonds. The molecule has 0 radical (unpaired) electrons. The Bertz CT molecular complexity index is 709. The lowest BCUT2D eigenvalue weighted by Gasteiger charge is -2.09. The number of hydrogen-bond acceptors (Lipinski definition) is 2. The number of nitrogens with one attached hydrogen (secondary N) is 1. The minimum Gasteiger partial charge on any atom is -0.267 e. The Kier molecular flexibility index (Phi) is 4.60. The molecule has 6 heteroatoms. The highest BCUT2D eigenvalue weighted by atomic mass is 19.4. The van der Waals surface area contributed by atoms with Crippen molar-refractivity contribution in [3.63, 3.8) is 0 Å². The SMILES string of the molecule is Cc1ccccc1C(=O)N/N=C\c1ccccc1C(F)(F)F. The summed E-state index contributed by atoms with van der Waals surface area (Å²) in [7, 11) is 0. The van der Waals surface area contributed by atoms with Crippen molar-refractivity contribution in [1.82, 2.24) is 5.43 Å². The lowest BCUT2D eigenvalue weighted by molar-refractivity contribution is -0.137. The third-order valence-corrected chi connectivity index (χ3v) is 3.03. The number of rotatable bonds is 3. The lowest BCUT2D eigenvalue weighted by Crippen LogP contribution is -2.19. The standard InChI is InChI=1S/C16H13F3N2O/c1-11-6-2-4-8-13(11)15(22)21-20-10-12-7-3-5-9-14(12)16(17,18)19/h2-10H,1H3,(H,21,22)/b20-10-. The van der Waals surface area contributed by atoms with Crippen LogP contribution in [0.2, 0.25) is 0 Å². The molecule has 0 saturated heterocycles. The van der Waals surface area contributed by atoms with Gasteiger partial charge >= 0.3 is 6.18 Å². The van der Waals surface area contributed by atoms with Crippen molar-refractivity contribution in [2.75, 3.05) is 0 Å². The predicted molar refractivity (Wildman–Crippen MR) is 77.7 cm³/mol. The first kappa shape index (κ1) is 15.8. The number of alkyl halides is 3. The normalized spacial score (nSPS) is 11.6. The first-order chi connectivity index (χ1) is 10.4. The first-order valence-corrected chi connectivity index (χ1v) is 6.45. The van der Waals surface area contributed by atoms with Gasteiger partial charge in [-0.3, -0.25) is 4.79 Å². The van der Waals surface area contributed by atoms with E-state index in [1.807, 2.05) is 0 Å². The molecular formula is C16H13F3N2O. The minimum absolute atomic E-state index is 0.111. The van der Waals surface area contributed by atoms with E-state index in [0.717, 1.165) is 17.8 Å². The predicted octanol–water partition coefficient (Wildman–Crippen LogP) is 3.78. The van der Waals surface area contributed by atoms with Crippen LogP contribution in [-0.4, -0.2) is 12.1 Å². The highest BCUT2D eigenvalue weighted by molar-refractivity contribution is 5.96. The first-order valence-electron chi connectivity index (χ1n) is 6.45. The lowest BCUT2D eigenvalue weighted by atomic mass is 10.1. The molecule has 0 saturated carbocycles. The molecule has 0 atom stereocenters. The number of halogens is 3. The molecule has 0 aromatic heterocycles. The molecule has 0 aliphatic carbocycles. The molecule has 3 nitrogen and oxygen atoms in total. The second-order valence-corrected chi connectivity index (χ2v) is 4.60. The van der Waals surface area contributed by atoms with Crippen molar-refractivity contribution >= 4 is 12.1 Å². The van der Waals surface area contributed by atoms with Crippen molar-refractivity contribution in [2.24, 2.45) is 5.10 Å². The van der Waals surface area contributed by atoms with Crippen LogP contribution in [0.4, 0.5) is 13.2 Å². The molecule has 0 fully saturated rings. The summed E-state index contributed by atoms with van der Waals surface area (Å²) in [6.07, 6.45) is -3.48. The second kappa shape index (κ2) is 6.43. The molecule has 0 aliphatic heterocycles. The molecule has 0 spiro atoms. The number of hydrazone groups is 1. The molecule has 114 valence electrons. The maximum atomic E-state index is 12.8. The Balaban J connectivity index is 2.14. The van der Waals surface area contributed by atoms with E-state index < -0.39 is 17.6 Å². The van der Waals surface area contributed by atoms with Crippen LogP contribution in [0.25, 0.3) is 0 Å². The van der Waals surface area contributed by atoms with Crippen molar-refractivity contribution in [3.8, 4) is 0 Å². The van der Waals surface area contributed by atoms with Crippen molar-refractivity contribution in [3.05, 3.63) is 70.8 Å². The monoisotopic (exact) mass is 306 g/mol. The van der Waals surface area contributed by atoms with Gasteiger partial charge in [0.1, 0.15) is 0 Å². The third kappa shape index (κ3) is 3.72. The van der Waals surface area contributed by atoms with Crippen LogP contribution in [0.3, 0.4) is 0 Å². The Morgan fingerprint density at radius 1 is 1.09 bits per heavy atom. The number of amides is 1. The summed E-state index contributed by atoms with van der Waals surface area (Å²) in [5.41, 5.74) is 2.49. The number of carbonyl (C=O) groups excluding carboxylic acids is 1. The zero-order valence-electron chi connectivity index (χ0n) is 11.7. The summed E-state index contributed by atoms with van der Waals surface area (Å²) in [5.74, 6) is -0.473. The number of aryl methyl sites for hydroxylation is 1. The smallest absolute Gasteiger partial charge is 0.267 e. The van der Waals surface area contributed by atoms with Gasteiger partial charge in [0.2, 0.25) is 0 Å². The van der Waals surface area contributed by atoms with Gasteiger partial charge in [-0.15, -0.1) is 0 Å². The summed E-state index contributed by atoms with van der Waals surface area (Å²) in [5, 5.41) is 3.61. The average molecular weight is 306 g/mol. The van der Waals surface area contributed by atoms with E-state index >= 15 is 0 Å². The molecule has 0 aliphatic rings. The third-order valence-electron chi connectivity index (χ3n) is 3.03. The van der Waals surface area contributed by atoms with Gasteiger partial charge in [0.15, 0.2) is 0 Å². The van der Waals surface area contributed by atoms with Crippen molar-refractivity contribution in [2.45, 2.75) is 13.1 Å². The van der Waals surface area contributed by atoms with E-state index in [0.29, 0.717) is 5.56 Å². The largest absolute Gasteiger partial charge is 0.417 e. The van der Waals surface area contributed by atoms with Crippen LogP contribution in [0, 0.1) is 6.92 Å². The van der Waals surface area contributed by atoms with Crippen molar-refractivity contribution < 1.29 is 18.0 Å².